The smallest absolute Gasteiger partial charge is 0.410 e. The first-order valence-electron chi connectivity index (χ1n) is 7.71. The summed E-state index contributed by atoms with van der Waals surface area (Å²) in [7, 11) is 0. The highest BCUT2D eigenvalue weighted by Crippen LogP contribution is 2.37. The van der Waals surface area contributed by atoms with Gasteiger partial charge in [-0.05, 0) is 45.7 Å². The van der Waals surface area contributed by atoms with Gasteiger partial charge in [-0.15, -0.1) is 0 Å². The minimum atomic E-state index is -1.46. The number of piperidine rings is 1. The molecule has 1 aromatic rings. The van der Waals surface area contributed by atoms with E-state index in [4.69, 9.17) is 4.74 Å². The van der Waals surface area contributed by atoms with Crippen molar-refractivity contribution >= 4 is 6.09 Å². The monoisotopic (exact) mass is 308 g/mol. The third kappa shape index (κ3) is 3.76. The Morgan fingerprint density at radius 3 is 2.41 bits per heavy atom. The molecule has 5 heteroatoms. The molecule has 0 spiro atoms. The van der Waals surface area contributed by atoms with Crippen molar-refractivity contribution in [1.82, 2.24) is 9.88 Å². The van der Waals surface area contributed by atoms with Crippen molar-refractivity contribution in [3.05, 3.63) is 29.1 Å². The molecule has 1 aliphatic rings. The maximum atomic E-state index is 15.2. The highest BCUT2D eigenvalue weighted by Gasteiger charge is 2.40. The third-order valence-corrected chi connectivity index (χ3v) is 3.85. The van der Waals surface area contributed by atoms with Gasteiger partial charge in [-0.25, -0.2) is 9.18 Å². The second-order valence-corrected chi connectivity index (χ2v) is 7.11. The molecule has 1 aromatic heterocycles. The van der Waals surface area contributed by atoms with Gasteiger partial charge in [0.25, 0.3) is 0 Å². The van der Waals surface area contributed by atoms with Crippen LogP contribution in [-0.4, -0.2) is 34.7 Å². The zero-order valence-corrected chi connectivity index (χ0v) is 14.1. The number of carbonyl (C=O) groups excluding carboxylic acids is 1. The molecule has 2 rings (SSSR count). The summed E-state index contributed by atoms with van der Waals surface area (Å²) in [6.07, 6.45) is 1.83. The number of amides is 1. The lowest BCUT2D eigenvalue weighted by Crippen LogP contribution is -2.45. The fraction of sp³-hybridized carbons (Fsp3) is 0.647. The first kappa shape index (κ1) is 16.7. The number of aromatic nitrogens is 1. The Labute approximate surface area is 131 Å². The molecular formula is C17H25FN2O2. The molecule has 1 amide bonds. The summed E-state index contributed by atoms with van der Waals surface area (Å²) in [5, 5.41) is 0. The van der Waals surface area contributed by atoms with Crippen molar-refractivity contribution < 1.29 is 13.9 Å². The molecule has 0 saturated carbocycles. The van der Waals surface area contributed by atoms with Crippen LogP contribution in [-0.2, 0) is 10.4 Å². The van der Waals surface area contributed by atoms with Gasteiger partial charge in [-0.3, -0.25) is 4.98 Å². The highest BCUT2D eigenvalue weighted by molar-refractivity contribution is 5.68. The van der Waals surface area contributed by atoms with Gasteiger partial charge in [-0.1, -0.05) is 6.07 Å². The minimum absolute atomic E-state index is 0.253. The number of rotatable bonds is 1. The molecule has 2 heterocycles. The van der Waals surface area contributed by atoms with Gasteiger partial charge in [0, 0.05) is 32.1 Å². The zero-order chi connectivity index (χ0) is 16.5. The summed E-state index contributed by atoms with van der Waals surface area (Å²) < 4.78 is 20.6. The van der Waals surface area contributed by atoms with E-state index in [0.717, 1.165) is 11.1 Å². The van der Waals surface area contributed by atoms with E-state index in [-0.39, 0.29) is 18.9 Å². The van der Waals surface area contributed by atoms with E-state index in [0.29, 0.717) is 18.8 Å². The van der Waals surface area contributed by atoms with E-state index in [1.54, 1.807) is 11.1 Å². The Hall–Kier alpha value is -1.65. The molecule has 122 valence electrons. The first-order valence-corrected chi connectivity index (χ1v) is 7.71. The predicted octanol–water partition coefficient (Wildman–Crippen LogP) is 3.89. The van der Waals surface area contributed by atoms with Gasteiger partial charge in [0.2, 0.25) is 0 Å². The molecule has 0 aromatic carbocycles. The van der Waals surface area contributed by atoms with Crippen molar-refractivity contribution in [3.8, 4) is 0 Å². The standard InChI is InChI=1S/C17H25FN2O2/c1-12-10-13(2)14(19-11-12)17(18)6-8-20(9-7-17)15(21)22-16(3,4)5/h10-11H,6-9H2,1-5H3. The van der Waals surface area contributed by atoms with Crippen LogP contribution in [0.25, 0.3) is 0 Å². The van der Waals surface area contributed by atoms with Crippen LogP contribution in [0.4, 0.5) is 9.18 Å². The Morgan fingerprint density at radius 2 is 1.91 bits per heavy atom. The average molecular weight is 308 g/mol. The van der Waals surface area contributed by atoms with Gasteiger partial charge < -0.3 is 9.64 Å². The fourth-order valence-corrected chi connectivity index (χ4v) is 2.79. The predicted molar refractivity (Wildman–Crippen MR) is 83.5 cm³/mol. The lowest BCUT2D eigenvalue weighted by Gasteiger charge is -2.37. The number of pyridine rings is 1. The minimum Gasteiger partial charge on any atom is -0.444 e. The van der Waals surface area contributed by atoms with Gasteiger partial charge in [-0.2, -0.15) is 0 Å². The van der Waals surface area contributed by atoms with Gasteiger partial charge >= 0.3 is 6.09 Å². The van der Waals surface area contributed by atoms with Crippen molar-refractivity contribution in [2.75, 3.05) is 13.1 Å². The second-order valence-electron chi connectivity index (χ2n) is 7.11. The summed E-state index contributed by atoms with van der Waals surface area (Å²) in [6.45, 7) is 10.0. The number of halogens is 1. The van der Waals surface area contributed by atoms with E-state index < -0.39 is 11.3 Å². The van der Waals surface area contributed by atoms with Crippen LogP contribution >= 0.6 is 0 Å². The van der Waals surface area contributed by atoms with Crippen LogP contribution < -0.4 is 0 Å². The van der Waals surface area contributed by atoms with Crippen molar-refractivity contribution in [2.45, 2.75) is 58.7 Å². The fourth-order valence-electron chi connectivity index (χ4n) is 2.79. The molecule has 0 bridgehead atoms. The maximum Gasteiger partial charge on any atom is 0.410 e. The van der Waals surface area contributed by atoms with E-state index in [1.165, 1.54) is 0 Å². The number of hydrogen-bond donors (Lipinski definition) is 0. The van der Waals surface area contributed by atoms with Gasteiger partial charge in [0.1, 0.15) is 5.60 Å². The number of ether oxygens (including phenoxy) is 1. The number of hydrogen-bond acceptors (Lipinski definition) is 3. The van der Waals surface area contributed by atoms with E-state index in [1.807, 2.05) is 40.7 Å². The third-order valence-electron chi connectivity index (χ3n) is 3.85. The molecule has 0 unspecified atom stereocenters. The summed E-state index contributed by atoms with van der Waals surface area (Å²) in [4.78, 5) is 17.9. The van der Waals surface area contributed by atoms with Crippen LogP contribution in [0, 0.1) is 13.8 Å². The van der Waals surface area contributed by atoms with Crippen LogP contribution in [0.5, 0.6) is 0 Å². The molecule has 1 fully saturated rings. The Kier molecular flexibility index (Phi) is 4.45. The number of likely N-dealkylation sites (tertiary alicyclic amines) is 1. The quantitative estimate of drug-likeness (QED) is 0.790. The zero-order valence-electron chi connectivity index (χ0n) is 14.1. The van der Waals surface area contributed by atoms with Crippen molar-refractivity contribution in [2.24, 2.45) is 0 Å². The molecule has 1 saturated heterocycles. The summed E-state index contributed by atoms with van der Waals surface area (Å²) in [5.74, 6) is 0. The van der Waals surface area contributed by atoms with E-state index in [9.17, 15) is 4.79 Å². The molecular weight excluding hydrogens is 283 g/mol. The molecule has 0 radical (unpaired) electrons. The summed E-state index contributed by atoms with van der Waals surface area (Å²) in [5.41, 5.74) is 0.401. The first-order chi connectivity index (χ1) is 10.1. The van der Waals surface area contributed by atoms with Crippen molar-refractivity contribution in [3.63, 3.8) is 0 Å². The Bertz CT molecular complexity index is 558. The van der Waals surface area contributed by atoms with Crippen molar-refractivity contribution in [1.29, 1.82) is 0 Å². The van der Waals surface area contributed by atoms with Gasteiger partial charge in [0.15, 0.2) is 5.67 Å². The topological polar surface area (TPSA) is 42.4 Å². The highest BCUT2D eigenvalue weighted by atomic mass is 19.1. The SMILES string of the molecule is Cc1cnc(C2(F)CCN(C(=O)OC(C)(C)C)CC2)c(C)c1. The summed E-state index contributed by atoms with van der Waals surface area (Å²) >= 11 is 0. The maximum absolute atomic E-state index is 15.2. The molecule has 0 N–H and O–H groups in total. The molecule has 22 heavy (non-hydrogen) atoms. The van der Waals surface area contributed by atoms with E-state index >= 15 is 4.39 Å². The molecule has 1 aliphatic heterocycles. The Balaban J connectivity index is 2.06. The number of nitrogens with zero attached hydrogens (tertiary/aromatic N) is 2. The normalized spacial score (nSPS) is 18.2. The largest absolute Gasteiger partial charge is 0.444 e. The summed E-state index contributed by atoms with van der Waals surface area (Å²) in [6, 6.07) is 1.95. The lowest BCUT2D eigenvalue weighted by atomic mass is 9.87. The molecule has 4 nitrogen and oxygen atoms in total. The van der Waals surface area contributed by atoms with Crippen LogP contribution in [0.15, 0.2) is 12.3 Å². The van der Waals surface area contributed by atoms with E-state index in [2.05, 4.69) is 4.98 Å². The second kappa shape index (κ2) is 5.86. The number of aryl methyl sites for hydroxylation is 2. The number of alkyl halides is 1. The van der Waals surface area contributed by atoms with Crippen LogP contribution in [0.2, 0.25) is 0 Å². The lowest BCUT2D eigenvalue weighted by molar-refractivity contribution is 0.00113. The molecule has 0 atom stereocenters. The van der Waals surface area contributed by atoms with Crippen LogP contribution in [0.1, 0.15) is 50.4 Å². The van der Waals surface area contributed by atoms with Gasteiger partial charge in [0.05, 0.1) is 5.69 Å². The van der Waals surface area contributed by atoms with Crippen LogP contribution in [0.3, 0.4) is 0 Å². The number of carbonyl (C=O) groups is 1. The molecule has 0 aliphatic carbocycles. The Morgan fingerprint density at radius 1 is 1.32 bits per heavy atom. The average Bonchev–Trinajstić information content (AvgIpc) is 2.36.